The lowest BCUT2D eigenvalue weighted by Gasteiger charge is -2.11. The number of carbonyl (C=O) groups excluding carboxylic acids is 1. The van der Waals surface area contributed by atoms with Crippen molar-refractivity contribution in [3.63, 3.8) is 0 Å². The summed E-state index contributed by atoms with van der Waals surface area (Å²) < 4.78 is 8.93. The molecule has 2 aromatic heterocycles. The molecule has 0 spiro atoms. The normalized spacial score (nSPS) is 12.1. The van der Waals surface area contributed by atoms with Crippen molar-refractivity contribution in [3.05, 3.63) is 65.7 Å². The maximum absolute atomic E-state index is 12.2. The van der Waals surface area contributed by atoms with Crippen molar-refractivity contribution >= 4 is 5.97 Å². The fourth-order valence-electron chi connectivity index (χ4n) is 2.26. The molecule has 23 heavy (non-hydrogen) atoms. The van der Waals surface area contributed by atoms with Gasteiger partial charge in [0, 0.05) is 24.5 Å². The molecule has 0 aliphatic rings. The predicted octanol–water partition coefficient (Wildman–Crippen LogP) is 2.83. The Labute approximate surface area is 134 Å². The number of aryl methyl sites for hydroxylation is 1. The minimum atomic E-state index is -0.389. The molecule has 0 radical (unpaired) electrons. The molecule has 2 heterocycles. The molecule has 1 aromatic carbocycles. The molecule has 0 N–H and O–H groups in total. The van der Waals surface area contributed by atoms with E-state index in [4.69, 9.17) is 4.74 Å². The Bertz CT molecular complexity index is 820. The molecule has 0 saturated heterocycles. The Morgan fingerprint density at radius 2 is 1.91 bits per heavy atom. The minimum Gasteiger partial charge on any atom is -0.454 e. The van der Waals surface area contributed by atoms with Crippen molar-refractivity contribution in [3.8, 4) is 5.69 Å². The van der Waals surface area contributed by atoms with Gasteiger partial charge < -0.3 is 4.74 Å². The number of rotatable bonds is 4. The smallest absolute Gasteiger partial charge is 0.342 e. The van der Waals surface area contributed by atoms with Gasteiger partial charge in [-0.3, -0.25) is 4.68 Å². The number of esters is 1. The quantitative estimate of drug-likeness (QED) is 0.695. The van der Waals surface area contributed by atoms with Crippen molar-refractivity contribution < 1.29 is 9.53 Å². The number of para-hydroxylation sites is 1. The third kappa shape index (κ3) is 3.01. The predicted molar refractivity (Wildman–Crippen MR) is 85.3 cm³/mol. The van der Waals surface area contributed by atoms with Crippen LogP contribution >= 0.6 is 0 Å². The molecule has 3 aromatic rings. The maximum Gasteiger partial charge on any atom is 0.342 e. The molecular weight excluding hydrogens is 292 g/mol. The fraction of sp³-hybridized carbons (Fsp3) is 0.235. The summed E-state index contributed by atoms with van der Waals surface area (Å²) in [6.07, 6.45) is 4.71. The van der Waals surface area contributed by atoms with Crippen LogP contribution in [0.15, 0.2) is 48.9 Å². The van der Waals surface area contributed by atoms with E-state index in [-0.39, 0.29) is 12.1 Å². The first-order valence-electron chi connectivity index (χ1n) is 7.36. The van der Waals surface area contributed by atoms with E-state index in [1.165, 1.54) is 6.20 Å². The molecule has 0 bridgehead atoms. The second kappa shape index (κ2) is 6.08. The van der Waals surface area contributed by atoms with Gasteiger partial charge in [0.2, 0.25) is 0 Å². The Balaban J connectivity index is 1.74. The summed E-state index contributed by atoms with van der Waals surface area (Å²) in [5, 5.41) is 8.38. The summed E-state index contributed by atoms with van der Waals surface area (Å²) in [4.78, 5) is 12.2. The summed E-state index contributed by atoms with van der Waals surface area (Å²) in [7, 11) is 1.79. The SMILES string of the molecule is Cc1c(C(=O)O[C@@H](C)c2cnn(-c3ccccc3)c2)cnn1C. The Morgan fingerprint density at radius 3 is 2.57 bits per heavy atom. The van der Waals surface area contributed by atoms with Crippen LogP contribution in [0.1, 0.15) is 34.6 Å². The fourth-order valence-corrected chi connectivity index (χ4v) is 2.26. The van der Waals surface area contributed by atoms with Crippen LogP contribution in [0.5, 0.6) is 0 Å². The van der Waals surface area contributed by atoms with Gasteiger partial charge in [0.1, 0.15) is 11.7 Å². The minimum absolute atomic E-state index is 0.379. The summed E-state index contributed by atoms with van der Waals surface area (Å²) in [6.45, 7) is 3.66. The van der Waals surface area contributed by atoms with Gasteiger partial charge in [-0.05, 0) is 26.0 Å². The Morgan fingerprint density at radius 1 is 1.17 bits per heavy atom. The second-order valence-corrected chi connectivity index (χ2v) is 5.37. The van der Waals surface area contributed by atoms with Crippen LogP contribution in [0.4, 0.5) is 0 Å². The highest BCUT2D eigenvalue weighted by Gasteiger charge is 2.19. The first kappa shape index (κ1) is 15.0. The molecule has 3 rings (SSSR count). The van der Waals surface area contributed by atoms with Gasteiger partial charge in [0.15, 0.2) is 0 Å². The number of benzene rings is 1. The van der Waals surface area contributed by atoms with E-state index in [1.54, 1.807) is 22.6 Å². The van der Waals surface area contributed by atoms with Crippen molar-refractivity contribution in [1.82, 2.24) is 19.6 Å². The highest BCUT2D eigenvalue weighted by molar-refractivity contribution is 5.90. The zero-order valence-electron chi connectivity index (χ0n) is 13.3. The molecular formula is C17H18N4O2. The third-order valence-corrected chi connectivity index (χ3v) is 3.83. The molecule has 0 fully saturated rings. The zero-order valence-corrected chi connectivity index (χ0v) is 13.3. The molecule has 0 unspecified atom stereocenters. The highest BCUT2D eigenvalue weighted by atomic mass is 16.5. The molecule has 118 valence electrons. The van der Waals surface area contributed by atoms with Crippen molar-refractivity contribution in [2.75, 3.05) is 0 Å². The van der Waals surface area contributed by atoms with Gasteiger partial charge in [0.25, 0.3) is 0 Å². The number of hydrogen-bond donors (Lipinski definition) is 0. The summed E-state index contributed by atoms with van der Waals surface area (Å²) >= 11 is 0. The second-order valence-electron chi connectivity index (χ2n) is 5.37. The average Bonchev–Trinajstić information content (AvgIpc) is 3.16. The monoisotopic (exact) mass is 310 g/mol. The van der Waals surface area contributed by atoms with Crippen LogP contribution in [0.25, 0.3) is 5.69 Å². The van der Waals surface area contributed by atoms with E-state index in [9.17, 15) is 4.79 Å². The molecule has 1 atom stereocenters. The van der Waals surface area contributed by atoms with E-state index < -0.39 is 0 Å². The molecule has 0 saturated carbocycles. The average molecular weight is 310 g/mol. The first-order chi connectivity index (χ1) is 11.1. The van der Waals surface area contributed by atoms with Crippen LogP contribution in [0.2, 0.25) is 0 Å². The van der Waals surface area contributed by atoms with Crippen molar-refractivity contribution in [2.45, 2.75) is 20.0 Å². The lowest BCUT2D eigenvalue weighted by Crippen LogP contribution is -2.10. The van der Waals surface area contributed by atoms with Gasteiger partial charge >= 0.3 is 5.97 Å². The van der Waals surface area contributed by atoms with E-state index >= 15 is 0 Å². The lowest BCUT2D eigenvalue weighted by atomic mass is 10.2. The maximum atomic E-state index is 12.2. The van der Waals surface area contributed by atoms with Gasteiger partial charge in [-0.15, -0.1) is 0 Å². The molecule has 0 aliphatic heterocycles. The van der Waals surface area contributed by atoms with Crippen molar-refractivity contribution in [2.24, 2.45) is 7.05 Å². The summed E-state index contributed by atoms with van der Waals surface area (Å²) in [6, 6.07) is 9.78. The van der Waals surface area contributed by atoms with Crippen molar-refractivity contribution in [1.29, 1.82) is 0 Å². The van der Waals surface area contributed by atoms with Gasteiger partial charge in [-0.2, -0.15) is 10.2 Å². The van der Waals surface area contributed by atoms with E-state index in [0.29, 0.717) is 5.56 Å². The Kier molecular flexibility index (Phi) is 3.97. The van der Waals surface area contributed by atoms with Crippen LogP contribution < -0.4 is 0 Å². The number of ether oxygens (including phenoxy) is 1. The Hall–Kier alpha value is -2.89. The van der Waals surface area contributed by atoms with Gasteiger partial charge in [0.05, 0.1) is 18.1 Å². The summed E-state index contributed by atoms with van der Waals surface area (Å²) in [5.74, 6) is -0.379. The number of hydrogen-bond acceptors (Lipinski definition) is 4. The van der Waals surface area contributed by atoms with Crippen LogP contribution in [0, 0.1) is 6.92 Å². The van der Waals surface area contributed by atoms with E-state index in [1.807, 2.05) is 50.4 Å². The topological polar surface area (TPSA) is 61.9 Å². The summed E-state index contributed by atoms with van der Waals surface area (Å²) in [5.41, 5.74) is 3.06. The van der Waals surface area contributed by atoms with Crippen LogP contribution in [-0.2, 0) is 11.8 Å². The van der Waals surface area contributed by atoms with E-state index in [2.05, 4.69) is 10.2 Å². The number of nitrogens with zero attached hydrogens (tertiary/aromatic N) is 4. The van der Waals surface area contributed by atoms with E-state index in [0.717, 1.165) is 16.9 Å². The van der Waals surface area contributed by atoms with Gasteiger partial charge in [-0.1, -0.05) is 18.2 Å². The molecule has 6 nitrogen and oxygen atoms in total. The third-order valence-electron chi connectivity index (χ3n) is 3.83. The molecule has 6 heteroatoms. The first-order valence-corrected chi connectivity index (χ1v) is 7.36. The van der Waals surface area contributed by atoms with Gasteiger partial charge in [-0.25, -0.2) is 9.48 Å². The standard InChI is InChI=1S/C17H18N4O2/c1-12-16(10-18-20(12)3)17(22)23-13(2)14-9-19-21(11-14)15-7-5-4-6-8-15/h4-11,13H,1-3H3/t13-/m0/s1. The number of aromatic nitrogens is 4. The lowest BCUT2D eigenvalue weighted by molar-refractivity contribution is 0.0337. The molecule has 0 amide bonds. The van der Waals surface area contributed by atoms with Crippen LogP contribution in [-0.4, -0.2) is 25.5 Å². The zero-order chi connectivity index (χ0) is 16.4. The highest BCUT2D eigenvalue weighted by Crippen LogP contribution is 2.20. The van der Waals surface area contributed by atoms with Crippen LogP contribution in [0.3, 0.4) is 0 Å². The molecule has 0 aliphatic carbocycles. The number of carbonyl (C=O) groups is 1. The largest absolute Gasteiger partial charge is 0.454 e.